The molecule has 0 spiro atoms. The van der Waals surface area contributed by atoms with Gasteiger partial charge in [-0.1, -0.05) is 47.7 Å². The van der Waals surface area contributed by atoms with E-state index >= 15 is 0 Å². The van der Waals surface area contributed by atoms with E-state index in [0.717, 1.165) is 24.2 Å². The van der Waals surface area contributed by atoms with Crippen molar-refractivity contribution < 1.29 is 22.3 Å². The summed E-state index contributed by atoms with van der Waals surface area (Å²) in [4.78, 5) is 18.7. The van der Waals surface area contributed by atoms with Gasteiger partial charge >= 0.3 is 0 Å². The molecule has 1 aliphatic heterocycles. The molecule has 2 aromatic carbocycles. The smallest absolute Gasteiger partial charge is 0.244 e. The van der Waals surface area contributed by atoms with E-state index in [1.54, 1.807) is 42.5 Å². The number of benzene rings is 2. The number of thiazole rings is 1. The summed E-state index contributed by atoms with van der Waals surface area (Å²) >= 11 is 1.16. The molecule has 1 amide bonds. The number of fused-ring (bicyclic) bond motifs is 1. The lowest BCUT2D eigenvalue weighted by Crippen LogP contribution is -2.41. The molecule has 1 unspecified atom stereocenters. The van der Waals surface area contributed by atoms with Gasteiger partial charge in [0.15, 0.2) is 15.0 Å². The van der Waals surface area contributed by atoms with Gasteiger partial charge in [-0.05, 0) is 30.5 Å². The number of hydrogen-bond acceptors (Lipinski definition) is 6. The summed E-state index contributed by atoms with van der Waals surface area (Å²) in [6, 6.07) is 13.3. The summed E-state index contributed by atoms with van der Waals surface area (Å²) in [5.41, 5.74) is 0.799. The molecule has 158 valence electrons. The molecule has 0 saturated carbocycles. The lowest BCUT2D eigenvalue weighted by Gasteiger charge is -2.23. The largest absolute Gasteiger partial charge is 0.376 e. The summed E-state index contributed by atoms with van der Waals surface area (Å²) in [5, 5.41) is 0.283. The third-order valence-electron chi connectivity index (χ3n) is 4.87. The summed E-state index contributed by atoms with van der Waals surface area (Å²) in [5.74, 6) is -1.92. The normalized spacial score (nSPS) is 16.8. The molecule has 0 aliphatic carbocycles. The molecule has 6 nitrogen and oxygen atoms in total. The SMILES string of the molecule is O=C(CS(=O)(=O)Cc1ccccc1)N(CC1CCCO1)c1nc2c(F)cccc2s1. The van der Waals surface area contributed by atoms with Crippen LogP contribution >= 0.6 is 11.3 Å². The first-order valence-electron chi connectivity index (χ1n) is 9.63. The first-order chi connectivity index (χ1) is 14.4. The zero-order valence-corrected chi connectivity index (χ0v) is 17.8. The number of carbonyl (C=O) groups is 1. The minimum atomic E-state index is -3.69. The van der Waals surface area contributed by atoms with E-state index in [2.05, 4.69) is 4.98 Å². The van der Waals surface area contributed by atoms with Crippen LogP contribution in [-0.4, -0.2) is 44.3 Å². The standard InChI is InChI=1S/C21H21FN2O4S2/c22-17-9-4-10-18-20(17)23-21(29-18)24(12-16-8-5-11-28-16)19(25)14-30(26,27)13-15-6-2-1-3-7-15/h1-4,6-7,9-10,16H,5,8,11-14H2. The Morgan fingerprint density at radius 1 is 1.20 bits per heavy atom. The van der Waals surface area contributed by atoms with Crippen LogP contribution in [0.15, 0.2) is 48.5 Å². The number of ether oxygens (including phenoxy) is 1. The predicted molar refractivity (Wildman–Crippen MR) is 115 cm³/mol. The van der Waals surface area contributed by atoms with Crippen molar-refractivity contribution in [3.63, 3.8) is 0 Å². The van der Waals surface area contributed by atoms with Crippen molar-refractivity contribution in [1.82, 2.24) is 4.98 Å². The number of carbonyl (C=O) groups excluding carboxylic acids is 1. The quantitative estimate of drug-likeness (QED) is 0.552. The van der Waals surface area contributed by atoms with Gasteiger partial charge in [-0.25, -0.2) is 17.8 Å². The molecule has 1 atom stereocenters. The third kappa shape index (κ3) is 4.85. The summed E-state index contributed by atoms with van der Waals surface area (Å²) < 4.78 is 45.6. The first-order valence-corrected chi connectivity index (χ1v) is 12.3. The Morgan fingerprint density at radius 2 is 2.00 bits per heavy atom. The number of para-hydroxylation sites is 1. The highest BCUT2D eigenvalue weighted by molar-refractivity contribution is 7.91. The molecular weight excluding hydrogens is 427 g/mol. The Kier molecular flexibility index (Phi) is 6.12. The second-order valence-electron chi connectivity index (χ2n) is 7.24. The molecule has 1 aromatic heterocycles. The van der Waals surface area contributed by atoms with Gasteiger partial charge in [-0.3, -0.25) is 9.69 Å². The molecule has 4 rings (SSSR count). The molecule has 30 heavy (non-hydrogen) atoms. The predicted octanol–water partition coefficient (Wildman–Crippen LogP) is 3.56. The lowest BCUT2D eigenvalue weighted by atomic mass is 10.2. The second kappa shape index (κ2) is 8.79. The third-order valence-corrected chi connectivity index (χ3v) is 7.38. The molecule has 2 heterocycles. The van der Waals surface area contributed by atoms with Gasteiger partial charge in [0.2, 0.25) is 5.91 Å². The van der Waals surface area contributed by atoms with Gasteiger partial charge in [0.25, 0.3) is 0 Å². The zero-order chi connectivity index (χ0) is 21.1. The zero-order valence-electron chi connectivity index (χ0n) is 16.2. The monoisotopic (exact) mass is 448 g/mol. The Labute approximate surface area is 178 Å². The highest BCUT2D eigenvalue weighted by atomic mass is 32.2. The van der Waals surface area contributed by atoms with Crippen molar-refractivity contribution in [2.24, 2.45) is 0 Å². The van der Waals surface area contributed by atoms with E-state index < -0.39 is 27.3 Å². The lowest BCUT2D eigenvalue weighted by molar-refractivity contribution is -0.116. The fourth-order valence-corrected chi connectivity index (χ4v) is 5.78. The Balaban J connectivity index is 1.59. The average molecular weight is 449 g/mol. The van der Waals surface area contributed by atoms with Crippen molar-refractivity contribution in [1.29, 1.82) is 0 Å². The fourth-order valence-electron chi connectivity index (χ4n) is 3.44. The maximum absolute atomic E-state index is 14.1. The maximum atomic E-state index is 14.1. The minimum Gasteiger partial charge on any atom is -0.376 e. The molecule has 3 aromatic rings. The molecular formula is C21H21FN2O4S2. The van der Waals surface area contributed by atoms with Crippen LogP contribution < -0.4 is 4.90 Å². The molecule has 1 fully saturated rings. The van der Waals surface area contributed by atoms with Gasteiger partial charge in [0, 0.05) is 6.61 Å². The Bertz CT molecular complexity index is 1140. The van der Waals surface area contributed by atoms with Crippen LogP contribution in [0.4, 0.5) is 9.52 Å². The van der Waals surface area contributed by atoms with Crippen molar-refractivity contribution in [3.05, 3.63) is 59.9 Å². The molecule has 1 aliphatic rings. The highest BCUT2D eigenvalue weighted by Gasteiger charge is 2.29. The Hall–Kier alpha value is -2.36. The summed E-state index contributed by atoms with van der Waals surface area (Å²) in [7, 11) is -3.69. The number of rotatable bonds is 7. The number of amides is 1. The van der Waals surface area contributed by atoms with Crippen LogP contribution in [0.1, 0.15) is 18.4 Å². The number of halogens is 1. The van der Waals surface area contributed by atoms with Crippen LogP contribution in [0.2, 0.25) is 0 Å². The van der Waals surface area contributed by atoms with Crippen molar-refractivity contribution in [3.8, 4) is 0 Å². The number of hydrogen-bond donors (Lipinski definition) is 0. The van der Waals surface area contributed by atoms with Gasteiger partial charge in [0.1, 0.15) is 17.1 Å². The second-order valence-corrected chi connectivity index (χ2v) is 10.3. The maximum Gasteiger partial charge on any atom is 0.244 e. The topological polar surface area (TPSA) is 76.6 Å². The van der Waals surface area contributed by atoms with Crippen LogP contribution in [0, 0.1) is 5.82 Å². The highest BCUT2D eigenvalue weighted by Crippen LogP contribution is 2.31. The fraction of sp³-hybridized carbons (Fsp3) is 0.333. The van der Waals surface area contributed by atoms with Crippen LogP contribution in [-0.2, 0) is 25.1 Å². The molecule has 0 radical (unpaired) electrons. The number of sulfone groups is 1. The van der Waals surface area contributed by atoms with Gasteiger partial charge in [-0.15, -0.1) is 0 Å². The molecule has 0 bridgehead atoms. The Morgan fingerprint density at radius 3 is 2.70 bits per heavy atom. The van der Waals surface area contributed by atoms with Crippen molar-refractivity contribution in [2.75, 3.05) is 23.8 Å². The van der Waals surface area contributed by atoms with E-state index in [4.69, 9.17) is 4.74 Å². The van der Waals surface area contributed by atoms with E-state index in [0.29, 0.717) is 16.9 Å². The molecule has 1 saturated heterocycles. The van der Waals surface area contributed by atoms with Crippen LogP contribution in [0.5, 0.6) is 0 Å². The number of nitrogens with zero attached hydrogens (tertiary/aromatic N) is 2. The molecule has 9 heteroatoms. The number of anilines is 1. The van der Waals surface area contributed by atoms with Crippen LogP contribution in [0.25, 0.3) is 10.2 Å². The van der Waals surface area contributed by atoms with E-state index in [9.17, 15) is 17.6 Å². The van der Waals surface area contributed by atoms with Gasteiger partial charge < -0.3 is 4.74 Å². The van der Waals surface area contributed by atoms with Crippen LogP contribution in [0.3, 0.4) is 0 Å². The van der Waals surface area contributed by atoms with Crippen molar-refractivity contribution >= 4 is 42.4 Å². The molecule has 0 N–H and O–H groups in total. The number of aromatic nitrogens is 1. The van der Waals surface area contributed by atoms with E-state index in [1.165, 1.54) is 11.0 Å². The first kappa shape index (κ1) is 20.9. The van der Waals surface area contributed by atoms with Gasteiger partial charge in [-0.2, -0.15) is 0 Å². The van der Waals surface area contributed by atoms with E-state index in [1.807, 2.05) is 0 Å². The summed E-state index contributed by atoms with van der Waals surface area (Å²) in [6.07, 6.45) is 1.47. The van der Waals surface area contributed by atoms with Crippen molar-refractivity contribution in [2.45, 2.75) is 24.7 Å². The van der Waals surface area contributed by atoms with E-state index in [-0.39, 0.29) is 29.0 Å². The average Bonchev–Trinajstić information content (AvgIpc) is 3.36. The summed E-state index contributed by atoms with van der Waals surface area (Å²) in [6.45, 7) is 0.800. The minimum absolute atomic E-state index is 0.176. The van der Waals surface area contributed by atoms with Gasteiger partial charge in [0.05, 0.1) is 23.1 Å².